The minimum atomic E-state index is -0.0238. The molecule has 0 saturated carbocycles. The molecule has 1 saturated heterocycles. The van der Waals surface area contributed by atoms with Gasteiger partial charge in [0.2, 0.25) is 0 Å². The van der Waals surface area contributed by atoms with Crippen molar-refractivity contribution in [1.29, 1.82) is 0 Å². The summed E-state index contributed by atoms with van der Waals surface area (Å²) in [6, 6.07) is 0. The Balaban J connectivity index is 2.29. The van der Waals surface area contributed by atoms with E-state index in [2.05, 4.69) is 5.32 Å². The fourth-order valence-electron chi connectivity index (χ4n) is 1.36. The molecule has 3 nitrogen and oxygen atoms in total. The van der Waals surface area contributed by atoms with E-state index in [0.717, 1.165) is 32.4 Å². The van der Waals surface area contributed by atoms with Gasteiger partial charge in [0.15, 0.2) is 0 Å². The molecule has 0 aromatic heterocycles. The summed E-state index contributed by atoms with van der Waals surface area (Å²) < 4.78 is 5.26. The number of ether oxygens (including phenoxy) is 1. The van der Waals surface area contributed by atoms with Crippen molar-refractivity contribution in [2.75, 3.05) is 13.1 Å². The number of esters is 1. The van der Waals surface area contributed by atoms with Crippen LogP contribution in [0.1, 0.15) is 33.1 Å². The highest BCUT2D eigenvalue weighted by atomic mass is 16.5. The number of carbonyl (C=O) groups is 1. The van der Waals surface area contributed by atoms with Gasteiger partial charge in [-0.25, -0.2) is 5.32 Å². The predicted octanol–water partition coefficient (Wildman–Crippen LogP) is 1.34. The SMILES string of the molecule is CCC(C)OC(=O)C1CC[N]CC1. The van der Waals surface area contributed by atoms with Gasteiger partial charge in [-0.15, -0.1) is 0 Å². The van der Waals surface area contributed by atoms with Gasteiger partial charge in [0, 0.05) is 13.1 Å². The molecule has 1 fully saturated rings. The van der Waals surface area contributed by atoms with Crippen LogP contribution in [0.25, 0.3) is 0 Å². The highest BCUT2D eigenvalue weighted by Crippen LogP contribution is 2.15. The zero-order valence-electron chi connectivity index (χ0n) is 8.45. The van der Waals surface area contributed by atoms with E-state index < -0.39 is 0 Å². The second-order valence-corrected chi connectivity index (χ2v) is 3.60. The summed E-state index contributed by atoms with van der Waals surface area (Å²) in [7, 11) is 0. The van der Waals surface area contributed by atoms with Gasteiger partial charge in [-0.05, 0) is 26.2 Å². The number of carbonyl (C=O) groups excluding carboxylic acids is 1. The van der Waals surface area contributed by atoms with Crippen molar-refractivity contribution >= 4 is 5.97 Å². The van der Waals surface area contributed by atoms with Crippen molar-refractivity contribution in [3.05, 3.63) is 0 Å². The summed E-state index contributed by atoms with van der Waals surface area (Å²) in [4.78, 5) is 11.5. The van der Waals surface area contributed by atoms with Crippen molar-refractivity contribution < 1.29 is 9.53 Å². The zero-order valence-corrected chi connectivity index (χ0v) is 8.45. The maximum atomic E-state index is 11.5. The summed E-state index contributed by atoms with van der Waals surface area (Å²) in [5, 5.41) is 4.20. The van der Waals surface area contributed by atoms with Gasteiger partial charge >= 0.3 is 5.97 Å². The summed E-state index contributed by atoms with van der Waals surface area (Å²) in [5.41, 5.74) is 0. The molecule has 3 heteroatoms. The summed E-state index contributed by atoms with van der Waals surface area (Å²) >= 11 is 0. The molecule has 75 valence electrons. The van der Waals surface area contributed by atoms with Crippen LogP contribution in [0.3, 0.4) is 0 Å². The van der Waals surface area contributed by atoms with Gasteiger partial charge in [-0.3, -0.25) is 4.79 Å². The monoisotopic (exact) mass is 184 g/mol. The Morgan fingerprint density at radius 3 is 2.69 bits per heavy atom. The quantitative estimate of drug-likeness (QED) is 0.621. The maximum absolute atomic E-state index is 11.5. The summed E-state index contributed by atoms with van der Waals surface area (Å²) in [6.45, 7) is 5.60. The average molecular weight is 184 g/mol. The first-order valence-electron chi connectivity index (χ1n) is 5.07. The molecule has 1 aliphatic heterocycles. The van der Waals surface area contributed by atoms with Crippen LogP contribution in [-0.4, -0.2) is 25.2 Å². The van der Waals surface area contributed by atoms with E-state index in [-0.39, 0.29) is 18.0 Å². The number of hydrogen-bond acceptors (Lipinski definition) is 2. The Labute approximate surface area is 79.8 Å². The van der Waals surface area contributed by atoms with Gasteiger partial charge in [-0.2, -0.15) is 0 Å². The molecular weight excluding hydrogens is 166 g/mol. The first-order valence-corrected chi connectivity index (χ1v) is 5.07. The van der Waals surface area contributed by atoms with E-state index in [4.69, 9.17) is 4.74 Å². The third-order valence-corrected chi connectivity index (χ3v) is 2.50. The lowest BCUT2D eigenvalue weighted by Gasteiger charge is -2.21. The van der Waals surface area contributed by atoms with Gasteiger partial charge < -0.3 is 4.74 Å². The molecule has 1 radical (unpaired) electrons. The number of piperidine rings is 1. The second kappa shape index (κ2) is 5.22. The third kappa shape index (κ3) is 3.35. The molecule has 0 spiro atoms. The number of rotatable bonds is 3. The van der Waals surface area contributed by atoms with Crippen molar-refractivity contribution in [2.45, 2.75) is 39.2 Å². The average Bonchev–Trinajstić information content (AvgIpc) is 2.19. The second-order valence-electron chi connectivity index (χ2n) is 3.60. The standard InChI is InChI=1S/C10H18NO2/c1-3-8(2)13-10(12)9-4-6-11-7-5-9/h8-9H,3-7H2,1-2H3. The molecule has 1 rings (SSSR count). The van der Waals surface area contributed by atoms with Gasteiger partial charge in [0.05, 0.1) is 12.0 Å². The molecule has 0 bridgehead atoms. The molecule has 0 amide bonds. The molecule has 0 N–H and O–H groups in total. The van der Waals surface area contributed by atoms with Crippen LogP contribution in [-0.2, 0) is 9.53 Å². The van der Waals surface area contributed by atoms with Gasteiger partial charge in [-0.1, -0.05) is 6.92 Å². The number of nitrogens with zero attached hydrogens (tertiary/aromatic N) is 1. The van der Waals surface area contributed by atoms with E-state index in [9.17, 15) is 4.79 Å². The highest BCUT2D eigenvalue weighted by molar-refractivity contribution is 5.72. The fraction of sp³-hybridized carbons (Fsp3) is 0.900. The third-order valence-electron chi connectivity index (χ3n) is 2.50. The summed E-state index contributed by atoms with van der Waals surface area (Å²) in [6.07, 6.45) is 2.69. The Morgan fingerprint density at radius 2 is 2.15 bits per heavy atom. The lowest BCUT2D eigenvalue weighted by molar-refractivity contribution is -0.154. The Morgan fingerprint density at radius 1 is 1.54 bits per heavy atom. The van der Waals surface area contributed by atoms with E-state index in [1.807, 2.05) is 13.8 Å². The minimum Gasteiger partial charge on any atom is -0.462 e. The topological polar surface area (TPSA) is 40.4 Å². The normalized spacial score (nSPS) is 21.1. The van der Waals surface area contributed by atoms with Crippen LogP contribution in [0.4, 0.5) is 0 Å². The van der Waals surface area contributed by atoms with E-state index in [1.165, 1.54) is 0 Å². The molecular formula is C10H18NO2. The van der Waals surface area contributed by atoms with Crippen LogP contribution in [0.5, 0.6) is 0 Å². The van der Waals surface area contributed by atoms with Crippen LogP contribution in [0, 0.1) is 5.92 Å². The van der Waals surface area contributed by atoms with E-state index in [0.29, 0.717) is 0 Å². The predicted molar refractivity (Wildman–Crippen MR) is 50.4 cm³/mol. The van der Waals surface area contributed by atoms with Crippen LogP contribution >= 0.6 is 0 Å². The molecule has 1 atom stereocenters. The molecule has 1 aliphatic rings. The van der Waals surface area contributed by atoms with Crippen LogP contribution in [0.15, 0.2) is 0 Å². The molecule has 1 unspecified atom stereocenters. The highest BCUT2D eigenvalue weighted by Gasteiger charge is 2.23. The van der Waals surface area contributed by atoms with Crippen LogP contribution < -0.4 is 5.32 Å². The van der Waals surface area contributed by atoms with Crippen molar-refractivity contribution in [3.8, 4) is 0 Å². The lowest BCUT2D eigenvalue weighted by atomic mass is 9.98. The van der Waals surface area contributed by atoms with Gasteiger partial charge in [0.1, 0.15) is 0 Å². The Bertz CT molecular complexity index is 164. The van der Waals surface area contributed by atoms with Crippen LogP contribution in [0.2, 0.25) is 0 Å². The summed E-state index contributed by atoms with van der Waals surface area (Å²) in [5.74, 6) is 0.0794. The fourth-order valence-corrected chi connectivity index (χ4v) is 1.36. The Kier molecular flexibility index (Phi) is 4.22. The molecule has 0 aromatic rings. The number of hydrogen-bond donors (Lipinski definition) is 0. The molecule has 13 heavy (non-hydrogen) atoms. The maximum Gasteiger partial charge on any atom is 0.309 e. The first kappa shape index (κ1) is 10.5. The van der Waals surface area contributed by atoms with E-state index in [1.54, 1.807) is 0 Å². The Hall–Kier alpha value is -0.570. The minimum absolute atomic E-state index is 0.0238. The largest absolute Gasteiger partial charge is 0.462 e. The van der Waals surface area contributed by atoms with Crippen molar-refractivity contribution in [1.82, 2.24) is 5.32 Å². The van der Waals surface area contributed by atoms with Crippen molar-refractivity contribution in [3.63, 3.8) is 0 Å². The smallest absolute Gasteiger partial charge is 0.309 e. The van der Waals surface area contributed by atoms with E-state index >= 15 is 0 Å². The zero-order chi connectivity index (χ0) is 9.68. The molecule has 0 aliphatic carbocycles. The first-order chi connectivity index (χ1) is 6.24. The van der Waals surface area contributed by atoms with Gasteiger partial charge in [0.25, 0.3) is 0 Å². The molecule has 0 aromatic carbocycles. The molecule has 1 heterocycles. The lowest BCUT2D eigenvalue weighted by Crippen LogP contribution is -2.30. The van der Waals surface area contributed by atoms with Crippen molar-refractivity contribution in [2.24, 2.45) is 5.92 Å².